The van der Waals surface area contributed by atoms with E-state index in [2.05, 4.69) is 6.07 Å². The lowest BCUT2D eigenvalue weighted by atomic mass is 10.1. The zero-order valence-electron chi connectivity index (χ0n) is 15.4. The maximum Gasteiger partial charge on any atom is 0.269 e. The zero-order chi connectivity index (χ0) is 19.8. The van der Waals surface area contributed by atoms with Crippen LogP contribution in [0.4, 0.5) is 10.8 Å². The molecule has 0 radical (unpaired) electrons. The monoisotopic (exact) mass is 502 g/mol. The van der Waals surface area contributed by atoms with E-state index in [1.165, 1.54) is 23.5 Å². The van der Waals surface area contributed by atoms with Crippen LogP contribution in [0.1, 0.15) is 23.1 Å². The minimum atomic E-state index is -0.407. The molecule has 3 aromatic heterocycles. The summed E-state index contributed by atoms with van der Waals surface area (Å²) in [5, 5.41) is 22.4. The second-order valence-electron chi connectivity index (χ2n) is 6.42. The van der Waals surface area contributed by atoms with Crippen LogP contribution in [-0.4, -0.2) is 15.6 Å². The first-order valence-corrected chi connectivity index (χ1v) is 10.6. The molecule has 0 fully saturated rings. The molecule has 1 unspecified atom stereocenters. The molecule has 0 bridgehead atoms. The molecule has 152 valence electrons. The summed E-state index contributed by atoms with van der Waals surface area (Å²) in [5.74, 6) is 0.840. The first-order chi connectivity index (χ1) is 14.2. The number of rotatable bonds is 5. The number of anilines is 1. The molecule has 1 aromatic carbocycles. The van der Waals surface area contributed by atoms with E-state index in [1.54, 1.807) is 29.7 Å². The van der Waals surface area contributed by atoms with Gasteiger partial charge in [-0.05, 0) is 35.7 Å². The fourth-order valence-corrected chi connectivity index (χ4v) is 4.79. The number of nitrogens with zero attached hydrogens (tertiary/aromatic N) is 4. The van der Waals surface area contributed by atoms with Crippen LogP contribution in [0.25, 0.3) is 11.3 Å². The molecule has 10 heteroatoms. The second-order valence-corrected chi connectivity index (χ2v) is 8.21. The summed E-state index contributed by atoms with van der Waals surface area (Å²) < 4.78 is 5.66. The number of thiazole rings is 1. The maximum atomic E-state index is 10.9. The van der Waals surface area contributed by atoms with Crippen LogP contribution in [0.15, 0.2) is 75.1 Å². The highest BCUT2D eigenvalue weighted by molar-refractivity contribution is 8.93. The molecule has 0 saturated carbocycles. The van der Waals surface area contributed by atoms with Gasteiger partial charge in [0.2, 0.25) is 5.13 Å². The molecule has 1 aliphatic heterocycles. The summed E-state index contributed by atoms with van der Waals surface area (Å²) in [4.78, 5) is 16.3. The number of hydrogen-bond donors (Lipinski definition) is 0. The van der Waals surface area contributed by atoms with E-state index in [4.69, 9.17) is 14.5 Å². The SMILES string of the molecule is Br.O=[N+]([O-])c1ccc(-c2csc(N3N=C(c4cccs4)CC3c3ccco3)n2)cc1. The van der Waals surface area contributed by atoms with Crippen molar-refractivity contribution in [3.63, 3.8) is 0 Å². The lowest BCUT2D eigenvalue weighted by molar-refractivity contribution is -0.384. The van der Waals surface area contributed by atoms with Gasteiger partial charge in [0.25, 0.3) is 5.69 Å². The third-order valence-corrected chi connectivity index (χ3v) is 6.40. The van der Waals surface area contributed by atoms with Gasteiger partial charge in [-0.2, -0.15) is 5.10 Å². The Morgan fingerprint density at radius 3 is 2.63 bits per heavy atom. The number of benzene rings is 1. The molecular weight excluding hydrogens is 488 g/mol. The quantitative estimate of drug-likeness (QED) is 0.236. The lowest BCUT2D eigenvalue weighted by Crippen LogP contribution is -2.17. The van der Waals surface area contributed by atoms with E-state index < -0.39 is 4.92 Å². The van der Waals surface area contributed by atoms with Gasteiger partial charge in [0.05, 0.1) is 27.5 Å². The summed E-state index contributed by atoms with van der Waals surface area (Å²) >= 11 is 3.15. The molecular formula is C20H15BrN4O3S2. The number of hydrogen-bond acceptors (Lipinski definition) is 8. The van der Waals surface area contributed by atoms with Gasteiger partial charge in [0.1, 0.15) is 11.8 Å². The Balaban J connectivity index is 0.00000218. The number of non-ortho nitro benzene ring substituents is 1. The Kier molecular flexibility index (Phi) is 5.80. The minimum absolute atomic E-state index is 0. The number of aromatic nitrogens is 1. The van der Waals surface area contributed by atoms with Crippen molar-refractivity contribution in [3.05, 3.63) is 86.3 Å². The van der Waals surface area contributed by atoms with E-state index in [9.17, 15) is 10.1 Å². The van der Waals surface area contributed by atoms with Crippen LogP contribution in [-0.2, 0) is 0 Å². The van der Waals surface area contributed by atoms with Gasteiger partial charge >= 0.3 is 0 Å². The summed E-state index contributed by atoms with van der Waals surface area (Å²) in [6, 6.07) is 14.3. The molecule has 0 aliphatic carbocycles. The summed E-state index contributed by atoms with van der Waals surface area (Å²) in [6.07, 6.45) is 2.40. The molecule has 0 amide bonds. The minimum Gasteiger partial charge on any atom is -0.467 e. The highest BCUT2D eigenvalue weighted by Gasteiger charge is 2.33. The largest absolute Gasteiger partial charge is 0.467 e. The molecule has 1 atom stereocenters. The maximum absolute atomic E-state index is 10.9. The molecule has 4 aromatic rings. The number of hydrazone groups is 1. The number of thiophene rings is 1. The van der Waals surface area contributed by atoms with E-state index in [0.29, 0.717) is 0 Å². The van der Waals surface area contributed by atoms with E-state index in [0.717, 1.165) is 39.2 Å². The number of halogens is 1. The van der Waals surface area contributed by atoms with Crippen molar-refractivity contribution in [1.82, 2.24) is 4.98 Å². The Morgan fingerprint density at radius 1 is 1.13 bits per heavy atom. The highest BCUT2D eigenvalue weighted by atomic mass is 79.9. The first-order valence-electron chi connectivity index (χ1n) is 8.83. The van der Waals surface area contributed by atoms with Crippen molar-refractivity contribution in [2.45, 2.75) is 12.5 Å². The average Bonchev–Trinajstić information content (AvgIpc) is 3.54. The van der Waals surface area contributed by atoms with Gasteiger partial charge < -0.3 is 4.42 Å². The van der Waals surface area contributed by atoms with Crippen LogP contribution in [0.5, 0.6) is 0 Å². The van der Waals surface area contributed by atoms with Gasteiger partial charge in [-0.3, -0.25) is 10.1 Å². The van der Waals surface area contributed by atoms with Crippen molar-refractivity contribution >= 4 is 56.2 Å². The van der Waals surface area contributed by atoms with Crippen LogP contribution in [0.2, 0.25) is 0 Å². The van der Waals surface area contributed by atoms with Gasteiger partial charge in [0.15, 0.2) is 0 Å². The highest BCUT2D eigenvalue weighted by Crippen LogP contribution is 2.40. The Morgan fingerprint density at radius 2 is 1.97 bits per heavy atom. The lowest BCUT2D eigenvalue weighted by Gasteiger charge is -2.18. The van der Waals surface area contributed by atoms with Gasteiger partial charge in [-0.15, -0.1) is 39.7 Å². The molecule has 0 N–H and O–H groups in total. The number of furan rings is 1. The fraction of sp³-hybridized carbons (Fsp3) is 0.100. The molecule has 0 saturated heterocycles. The molecule has 30 heavy (non-hydrogen) atoms. The molecule has 7 nitrogen and oxygen atoms in total. The molecule has 0 spiro atoms. The molecule has 5 rings (SSSR count). The average molecular weight is 503 g/mol. The smallest absolute Gasteiger partial charge is 0.269 e. The fourth-order valence-electron chi connectivity index (χ4n) is 3.24. The summed E-state index contributed by atoms with van der Waals surface area (Å²) in [5.41, 5.74) is 2.66. The van der Waals surface area contributed by atoms with Gasteiger partial charge in [0, 0.05) is 29.5 Å². The molecule has 4 heterocycles. The van der Waals surface area contributed by atoms with Crippen molar-refractivity contribution in [3.8, 4) is 11.3 Å². The number of nitro groups is 1. The van der Waals surface area contributed by atoms with Crippen LogP contribution < -0.4 is 5.01 Å². The van der Waals surface area contributed by atoms with Crippen LogP contribution in [0, 0.1) is 10.1 Å². The Hall–Kier alpha value is -2.82. The van der Waals surface area contributed by atoms with Crippen molar-refractivity contribution < 1.29 is 9.34 Å². The van der Waals surface area contributed by atoms with E-state index in [1.807, 2.05) is 34.0 Å². The van der Waals surface area contributed by atoms with Gasteiger partial charge in [-0.25, -0.2) is 9.99 Å². The van der Waals surface area contributed by atoms with E-state index >= 15 is 0 Å². The van der Waals surface area contributed by atoms with Crippen LogP contribution >= 0.6 is 39.7 Å². The Bertz CT molecular complexity index is 1170. The zero-order valence-corrected chi connectivity index (χ0v) is 18.7. The third-order valence-electron chi connectivity index (χ3n) is 4.65. The normalized spacial score (nSPS) is 15.7. The predicted molar refractivity (Wildman–Crippen MR) is 124 cm³/mol. The Labute approximate surface area is 190 Å². The second kappa shape index (κ2) is 8.50. The number of nitro benzene ring substituents is 1. The molecule has 1 aliphatic rings. The third kappa shape index (κ3) is 3.81. The standard InChI is InChI=1S/C20H14N4O3S2.BrH/c25-24(26)14-7-5-13(6-8-14)16-12-29-20(21-16)23-17(18-3-1-9-27-18)11-15(22-23)19-4-2-10-28-19;/h1-10,12,17H,11H2;1H. The topological polar surface area (TPSA) is 84.8 Å². The van der Waals surface area contributed by atoms with Crippen molar-refractivity contribution in [1.29, 1.82) is 0 Å². The van der Waals surface area contributed by atoms with E-state index in [-0.39, 0.29) is 28.7 Å². The summed E-state index contributed by atoms with van der Waals surface area (Å²) in [6.45, 7) is 0. The van der Waals surface area contributed by atoms with Gasteiger partial charge in [-0.1, -0.05) is 6.07 Å². The van der Waals surface area contributed by atoms with Crippen molar-refractivity contribution in [2.24, 2.45) is 5.10 Å². The summed E-state index contributed by atoms with van der Waals surface area (Å²) in [7, 11) is 0. The van der Waals surface area contributed by atoms with Crippen molar-refractivity contribution in [2.75, 3.05) is 5.01 Å². The first kappa shape index (κ1) is 20.5. The van der Waals surface area contributed by atoms with Crippen LogP contribution in [0.3, 0.4) is 0 Å². The predicted octanol–water partition coefficient (Wildman–Crippen LogP) is 6.31.